The predicted molar refractivity (Wildman–Crippen MR) is 82.2 cm³/mol. The van der Waals surface area contributed by atoms with E-state index in [9.17, 15) is 9.18 Å². The molecule has 0 saturated heterocycles. The van der Waals surface area contributed by atoms with Crippen LogP contribution in [0.15, 0.2) is 48.5 Å². The van der Waals surface area contributed by atoms with Crippen LogP contribution in [0, 0.1) is 5.82 Å². The summed E-state index contributed by atoms with van der Waals surface area (Å²) in [6.07, 6.45) is 0. The van der Waals surface area contributed by atoms with E-state index in [0.717, 1.165) is 11.3 Å². The molecule has 4 heteroatoms. The van der Waals surface area contributed by atoms with E-state index in [4.69, 9.17) is 9.47 Å². The average molecular weight is 302 g/mol. The van der Waals surface area contributed by atoms with Gasteiger partial charge in [-0.25, -0.2) is 4.39 Å². The summed E-state index contributed by atoms with van der Waals surface area (Å²) in [5.74, 6) is 0.0720. The minimum absolute atomic E-state index is 0.188. The number of rotatable bonds is 5. The monoisotopic (exact) mass is 302 g/mol. The Bertz CT molecular complexity index is 630. The van der Waals surface area contributed by atoms with Gasteiger partial charge in [-0.2, -0.15) is 0 Å². The van der Waals surface area contributed by atoms with Gasteiger partial charge < -0.3 is 9.47 Å². The summed E-state index contributed by atoms with van der Waals surface area (Å²) in [6, 6.07) is 13.2. The largest absolute Gasteiger partial charge is 0.497 e. The van der Waals surface area contributed by atoms with Gasteiger partial charge in [0.25, 0.3) is 0 Å². The molecule has 0 saturated carbocycles. The van der Waals surface area contributed by atoms with Gasteiger partial charge in [-0.15, -0.1) is 0 Å². The molecule has 3 nitrogen and oxygen atoms in total. The molecule has 2 rings (SSSR count). The first-order chi connectivity index (χ1) is 10.4. The predicted octanol–water partition coefficient (Wildman–Crippen LogP) is 3.86. The zero-order valence-electron chi connectivity index (χ0n) is 12.9. The van der Waals surface area contributed by atoms with Crippen molar-refractivity contribution in [3.63, 3.8) is 0 Å². The van der Waals surface area contributed by atoms with Crippen LogP contribution in [0.4, 0.5) is 4.39 Å². The molecular formula is C18H19FO3. The third-order valence-corrected chi connectivity index (χ3v) is 3.61. The van der Waals surface area contributed by atoms with Crippen molar-refractivity contribution in [2.45, 2.75) is 25.9 Å². The van der Waals surface area contributed by atoms with Crippen molar-refractivity contribution in [3.05, 3.63) is 65.5 Å². The SMILES string of the molecule is COc1ccc(COC(=O)C(C)(C)c2ccc(F)cc2)cc1. The normalized spacial score (nSPS) is 11.1. The highest BCUT2D eigenvalue weighted by atomic mass is 19.1. The summed E-state index contributed by atoms with van der Waals surface area (Å²) >= 11 is 0. The van der Waals surface area contributed by atoms with Crippen molar-refractivity contribution in [1.82, 2.24) is 0 Å². The van der Waals surface area contributed by atoms with E-state index < -0.39 is 5.41 Å². The van der Waals surface area contributed by atoms with Gasteiger partial charge in [-0.05, 0) is 49.2 Å². The third kappa shape index (κ3) is 3.64. The Kier molecular flexibility index (Phi) is 4.81. The quantitative estimate of drug-likeness (QED) is 0.787. The Morgan fingerprint density at radius 2 is 1.64 bits per heavy atom. The van der Waals surface area contributed by atoms with E-state index in [-0.39, 0.29) is 18.4 Å². The Balaban J connectivity index is 2.02. The van der Waals surface area contributed by atoms with Gasteiger partial charge in [-0.1, -0.05) is 24.3 Å². The molecule has 0 aliphatic heterocycles. The van der Waals surface area contributed by atoms with Crippen molar-refractivity contribution < 1.29 is 18.7 Å². The van der Waals surface area contributed by atoms with Crippen molar-refractivity contribution in [2.75, 3.05) is 7.11 Å². The number of halogens is 1. The molecule has 0 aromatic heterocycles. The number of hydrogen-bond acceptors (Lipinski definition) is 3. The van der Waals surface area contributed by atoms with E-state index in [1.54, 1.807) is 33.1 Å². The molecule has 116 valence electrons. The van der Waals surface area contributed by atoms with Crippen LogP contribution in [0.1, 0.15) is 25.0 Å². The minimum atomic E-state index is -0.833. The van der Waals surface area contributed by atoms with Gasteiger partial charge in [0.15, 0.2) is 0 Å². The number of methoxy groups -OCH3 is 1. The maximum Gasteiger partial charge on any atom is 0.316 e. The van der Waals surface area contributed by atoms with Crippen LogP contribution in [-0.2, 0) is 21.6 Å². The second-order valence-electron chi connectivity index (χ2n) is 5.56. The Morgan fingerprint density at radius 3 is 2.18 bits per heavy atom. The number of ether oxygens (including phenoxy) is 2. The van der Waals surface area contributed by atoms with Crippen LogP contribution >= 0.6 is 0 Å². The van der Waals surface area contributed by atoms with Gasteiger partial charge in [0, 0.05) is 0 Å². The Labute approximate surface area is 129 Å². The Morgan fingerprint density at radius 1 is 1.05 bits per heavy atom. The summed E-state index contributed by atoms with van der Waals surface area (Å²) in [5.41, 5.74) is 0.762. The van der Waals surface area contributed by atoms with Gasteiger partial charge in [0.05, 0.1) is 12.5 Å². The number of esters is 1. The van der Waals surface area contributed by atoms with E-state index in [1.165, 1.54) is 12.1 Å². The van der Waals surface area contributed by atoms with Crippen LogP contribution in [0.5, 0.6) is 5.75 Å². The van der Waals surface area contributed by atoms with E-state index in [1.807, 2.05) is 24.3 Å². The second-order valence-corrected chi connectivity index (χ2v) is 5.56. The highest BCUT2D eigenvalue weighted by Crippen LogP contribution is 2.25. The van der Waals surface area contributed by atoms with Gasteiger partial charge in [0.1, 0.15) is 18.2 Å². The van der Waals surface area contributed by atoms with Gasteiger partial charge in [0.2, 0.25) is 0 Å². The maximum atomic E-state index is 13.0. The highest BCUT2D eigenvalue weighted by Gasteiger charge is 2.31. The molecule has 0 bridgehead atoms. The summed E-state index contributed by atoms with van der Waals surface area (Å²) in [4.78, 5) is 12.3. The summed E-state index contributed by atoms with van der Waals surface area (Å²) in [6.45, 7) is 3.71. The van der Waals surface area contributed by atoms with E-state index >= 15 is 0 Å². The smallest absolute Gasteiger partial charge is 0.316 e. The molecule has 0 aliphatic rings. The minimum Gasteiger partial charge on any atom is -0.497 e. The molecule has 2 aromatic rings. The summed E-state index contributed by atoms with van der Waals surface area (Å²) < 4.78 is 23.4. The lowest BCUT2D eigenvalue weighted by atomic mass is 9.85. The number of hydrogen-bond donors (Lipinski definition) is 0. The molecule has 0 heterocycles. The molecule has 0 radical (unpaired) electrons. The van der Waals surface area contributed by atoms with E-state index in [2.05, 4.69) is 0 Å². The lowest BCUT2D eigenvalue weighted by Gasteiger charge is -2.23. The zero-order valence-corrected chi connectivity index (χ0v) is 12.9. The highest BCUT2D eigenvalue weighted by molar-refractivity contribution is 5.82. The fourth-order valence-electron chi connectivity index (χ4n) is 2.04. The lowest BCUT2D eigenvalue weighted by molar-refractivity contribution is -0.150. The summed E-state index contributed by atoms with van der Waals surface area (Å²) in [5, 5.41) is 0. The van der Waals surface area contributed by atoms with Gasteiger partial charge >= 0.3 is 5.97 Å². The van der Waals surface area contributed by atoms with Gasteiger partial charge in [-0.3, -0.25) is 4.79 Å². The maximum absolute atomic E-state index is 13.0. The van der Waals surface area contributed by atoms with Crippen LogP contribution in [0.25, 0.3) is 0 Å². The molecular weight excluding hydrogens is 283 g/mol. The molecule has 0 unspecified atom stereocenters. The zero-order chi connectivity index (χ0) is 16.2. The second kappa shape index (κ2) is 6.60. The molecule has 22 heavy (non-hydrogen) atoms. The standard InChI is InChI=1S/C18H19FO3/c1-18(2,14-6-8-15(19)9-7-14)17(20)22-12-13-4-10-16(21-3)11-5-13/h4-11H,12H2,1-3H3. The Hall–Kier alpha value is -2.36. The van der Waals surface area contributed by atoms with Crippen molar-refractivity contribution in [1.29, 1.82) is 0 Å². The first-order valence-corrected chi connectivity index (χ1v) is 6.99. The van der Waals surface area contributed by atoms with E-state index in [0.29, 0.717) is 5.56 Å². The molecule has 0 atom stereocenters. The van der Waals surface area contributed by atoms with Crippen molar-refractivity contribution >= 4 is 5.97 Å². The molecule has 0 N–H and O–H groups in total. The topological polar surface area (TPSA) is 35.5 Å². The molecule has 0 amide bonds. The fraction of sp³-hybridized carbons (Fsp3) is 0.278. The fourth-order valence-corrected chi connectivity index (χ4v) is 2.04. The average Bonchev–Trinajstić information content (AvgIpc) is 2.53. The molecule has 0 fully saturated rings. The molecule has 0 spiro atoms. The number of carbonyl (C=O) groups is 1. The van der Waals surface area contributed by atoms with Crippen LogP contribution < -0.4 is 4.74 Å². The lowest BCUT2D eigenvalue weighted by Crippen LogP contribution is -2.31. The first-order valence-electron chi connectivity index (χ1n) is 6.99. The molecule has 0 aliphatic carbocycles. The third-order valence-electron chi connectivity index (χ3n) is 3.61. The first kappa shape index (κ1) is 16.0. The van der Waals surface area contributed by atoms with Crippen LogP contribution in [0.3, 0.4) is 0 Å². The van der Waals surface area contributed by atoms with Crippen molar-refractivity contribution in [3.8, 4) is 5.75 Å². The summed E-state index contributed by atoms with van der Waals surface area (Å²) in [7, 11) is 1.60. The van der Waals surface area contributed by atoms with Crippen LogP contribution in [0.2, 0.25) is 0 Å². The molecule has 2 aromatic carbocycles. The van der Waals surface area contributed by atoms with Crippen LogP contribution in [-0.4, -0.2) is 13.1 Å². The van der Waals surface area contributed by atoms with Crippen molar-refractivity contribution in [2.24, 2.45) is 0 Å². The number of benzene rings is 2. The number of carbonyl (C=O) groups excluding carboxylic acids is 1.